The van der Waals surface area contributed by atoms with Crippen LogP contribution in [0.5, 0.6) is 0 Å². The van der Waals surface area contributed by atoms with Crippen LogP contribution in [-0.2, 0) is 9.47 Å². The van der Waals surface area contributed by atoms with Gasteiger partial charge < -0.3 is 14.8 Å². The van der Waals surface area contributed by atoms with Crippen LogP contribution in [0.15, 0.2) is 66.7 Å². The molecule has 0 atom stereocenters. The number of esters is 1. The summed E-state index contributed by atoms with van der Waals surface area (Å²) in [6.07, 6.45) is -0.533. The van der Waals surface area contributed by atoms with Crippen molar-refractivity contribution in [1.29, 1.82) is 0 Å². The normalized spacial score (nSPS) is 11.5. The number of nitrogens with one attached hydrogen (secondary N) is 1. The van der Waals surface area contributed by atoms with Crippen LogP contribution in [0.1, 0.15) is 40.2 Å². The minimum absolute atomic E-state index is 0.00838. The molecule has 160 valence electrons. The number of fused-ring (bicyclic) bond motifs is 3. The minimum Gasteiger partial charge on any atom is -0.461 e. The Hall–Kier alpha value is -4.11. The highest BCUT2D eigenvalue weighted by Crippen LogP contribution is 2.44. The van der Waals surface area contributed by atoms with Gasteiger partial charge in [0, 0.05) is 5.92 Å². The van der Waals surface area contributed by atoms with Crippen molar-refractivity contribution in [3.63, 3.8) is 0 Å². The van der Waals surface area contributed by atoms with Gasteiger partial charge in [-0.3, -0.25) is 0 Å². The predicted molar refractivity (Wildman–Crippen MR) is 120 cm³/mol. The first-order valence-corrected chi connectivity index (χ1v) is 10.4. The van der Waals surface area contributed by atoms with Crippen LogP contribution in [0.3, 0.4) is 0 Å². The molecule has 0 unspecified atom stereocenters. The second kappa shape index (κ2) is 9.80. The quantitative estimate of drug-likeness (QED) is 0.490. The number of alkyl carbamates (subject to hydrolysis) is 1. The fourth-order valence-corrected chi connectivity index (χ4v) is 3.72. The van der Waals surface area contributed by atoms with Crippen molar-refractivity contribution in [3.8, 4) is 23.0 Å². The lowest BCUT2D eigenvalue weighted by Gasteiger charge is -2.14. The van der Waals surface area contributed by atoms with Crippen molar-refractivity contribution < 1.29 is 19.1 Å². The summed E-state index contributed by atoms with van der Waals surface area (Å²) < 4.78 is 10.4. The van der Waals surface area contributed by atoms with Gasteiger partial charge in [-0.2, -0.15) is 0 Å². The highest BCUT2D eigenvalue weighted by molar-refractivity contribution is 5.87. The van der Waals surface area contributed by atoms with E-state index in [1.807, 2.05) is 24.3 Å². The van der Waals surface area contributed by atoms with Crippen LogP contribution in [0.2, 0.25) is 0 Å². The van der Waals surface area contributed by atoms with E-state index in [9.17, 15) is 9.59 Å². The van der Waals surface area contributed by atoms with Crippen molar-refractivity contribution in [2.75, 3.05) is 19.8 Å². The molecule has 0 bridgehead atoms. The van der Waals surface area contributed by atoms with Crippen LogP contribution in [0, 0.1) is 11.8 Å². The maximum absolute atomic E-state index is 12.2. The molecule has 0 fully saturated rings. The number of aromatic nitrogens is 1. The molecule has 1 N–H and O–H groups in total. The predicted octanol–water partition coefficient (Wildman–Crippen LogP) is 4.15. The van der Waals surface area contributed by atoms with Gasteiger partial charge in [0.05, 0.1) is 13.2 Å². The second-order valence-electron chi connectivity index (χ2n) is 7.11. The fraction of sp³-hybridized carbons (Fsp3) is 0.192. The van der Waals surface area contributed by atoms with E-state index < -0.39 is 12.1 Å². The third kappa shape index (κ3) is 4.62. The van der Waals surface area contributed by atoms with E-state index in [4.69, 9.17) is 9.47 Å². The third-order valence-electron chi connectivity index (χ3n) is 5.11. The zero-order chi connectivity index (χ0) is 22.3. The summed E-state index contributed by atoms with van der Waals surface area (Å²) in [4.78, 5) is 28.1. The van der Waals surface area contributed by atoms with Gasteiger partial charge in [-0.1, -0.05) is 60.5 Å². The molecule has 0 saturated carbocycles. The lowest BCUT2D eigenvalue weighted by Crippen LogP contribution is -2.26. The highest BCUT2D eigenvalue weighted by Gasteiger charge is 2.28. The molecule has 0 spiro atoms. The van der Waals surface area contributed by atoms with Gasteiger partial charge in [-0.15, -0.1) is 0 Å². The molecule has 1 amide bonds. The van der Waals surface area contributed by atoms with E-state index in [0.29, 0.717) is 5.69 Å². The lowest BCUT2D eigenvalue weighted by atomic mass is 9.98. The lowest BCUT2D eigenvalue weighted by molar-refractivity contribution is 0.0519. The number of pyridine rings is 1. The first-order valence-electron chi connectivity index (χ1n) is 10.4. The van der Waals surface area contributed by atoms with E-state index in [2.05, 4.69) is 46.4 Å². The van der Waals surface area contributed by atoms with Gasteiger partial charge >= 0.3 is 12.1 Å². The van der Waals surface area contributed by atoms with E-state index in [1.165, 1.54) is 11.1 Å². The number of nitrogens with zero attached hydrogens (tertiary/aromatic N) is 1. The Bertz CT molecular complexity index is 1160. The zero-order valence-corrected chi connectivity index (χ0v) is 17.6. The molecule has 1 heterocycles. The van der Waals surface area contributed by atoms with E-state index in [-0.39, 0.29) is 31.4 Å². The number of ether oxygens (including phenoxy) is 2. The largest absolute Gasteiger partial charge is 0.461 e. The summed E-state index contributed by atoms with van der Waals surface area (Å²) in [6.45, 7) is 2.36. The standard InChI is InChI=1S/C26H22N2O4/c1-2-31-25(29)24-15-7-9-18(28-24)10-8-16-27-26(30)32-17-23-21-13-5-3-11-19(21)20-12-4-6-14-22(20)23/h3-7,9,11-15,23H,2,16-17H2,1H3,(H,27,30). The van der Waals surface area contributed by atoms with Crippen molar-refractivity contribution in [3.05, 3.63) is 89.2 Å². The number of benzene rings is 2. The highest BCUT2D eigenvalue weighted by atomic mass is 16.5. The van der Waals surface area contributed by atoms with Gasteiger partial charge in [0.1, 0.15) is 18.0 Å². The summed E-state index contributed by atoms with van der Waals surface area (Å²) in [7, 11) is 0. The van der Waals surface area contributed by atoms with Crippen molar-refractivity contribution >= 4 is 12.1 Å². The van der Waals surface area contributed by atoms with Crippen molar-refractivity contribution in [2.45, 2.75) is 12.8 Å². The van der Waals surface area contributed by atoms with Gasteiger partial charge in [0.2, 0.25) is 0 Å². The zero-order valence-electron chi connectivity index (χ0n) is 17.6. The average Bonchev–Trinajstić information content (AvgIpc) is 3.15. The van der Waals surface area contributed by atoms with Crippen LogP contribution < -0.4 is 5.32 Å². The summed E-state index contributed by atoms with van der Waals surface area (Å²) in [5.41, 5.74) is 5.30. The van der Waals surface area contributed by atoms with E-state index >= 15 is 0 Å². The Morgan fingerprint density at radius 2 is 1.62 bits per heavy atom. The molecular formula is C26H22N2O4. The number of hydrogen-bond donors (Lipinski definition) is 1. The first kappa shape index (κ1) is 21.1. The molecule has 6 nitrogen and oxygen atoms in total. The number of carbonyl (C=O) groups excluding carboxylic acids is 2. The van der Waals surface area contributed by atoms with E-state index in [0.717, 1.165) is 11.1 Å². The second-order valence-corrected chi connectivity index (χ2v) is 7.11. The molecule has 6 heteroatoms. The molecule has 2 aromatic carbocycles. The molecule has 0 radical (unpaired) electrons. The van der Waals surface area contributed by atoms with Crippen molar-refractivity contribution in [2.24, 2.45) is 0 Å². The summed E-state index contributed by atoms with van der Waals surface area (Å²) in [5, 5.41) is 2.63. The minimum atomic E-state index is -0.533. The van der Waals surface area contributed by atoms with Crippen molar-refractivity contribution in [1.82, 2.24) is 10.3 Å². The Morgan fingerprint density at radius 3 is 2.31 bits per heavy atom. The van der Waals surface area contributed by atoms with Crippen LogP contribution in [0.4, 0.5) is 4.79 Å². The Kier molecular flexibility index (Phi) is 6.47. The maximum Gasteiger partial charge on any atom is 0.407 e. The molecule has 0 saturated heterocycles. The Labute approximate surface area is 186 Å². The molecule has 1 aromatic heterocycles. The SMILES string of the molecule is CCOC(=O)c1cccc(C#CCNC(=O)OCC2c3ccccc3-c3ccccc32)n1. The molecule has 32 heavy (non-hydrogen) atoms. The maximum atomic E-state index is 12.2. The van der Waals surface area contributed by atoms with Gasteiger partial charge in [0.25, 0.3) is 0 Å². The van der Waals surface area contributed by atoms with Gasteiger partial charge in [-0.25, -0.2) is 14.6 Å². The fourth-order valence-electron chi connectivity index (χ4n) is 3.72. The molecule has 1 aliphatic carbocycles. The molecule has 4 rings (SSSR count). The molecule has 0 aliphatic heterocycles. The van der Waals surface area contributed by atoms with Gasteiger partial charge in [0.15, 0.2) is 0 Å². The summed E-state index contributed by atoms with van der Waals surface area (Å²) in [5.74, 6) is 5.15. The van der Waals surface area contributed by atoms with E-state index in [1.54, 1.807) is 25.1 Å². The molecule has 1 aliphatic rings. The Balaban J connectivity index is 1.32. The molecular weight excluding hydrogens is 404 g/mol. The number of carbonyl (C=O) groups is 2. The number of amides is 1. The Morgan fingerprint density at radius 1 is 0.938 bits per heavy atom. The van der Waals surface area contributed by atoms with Crippen LogP contribution >= 0.6 is 0 Å². The smallest absolute Gasteiger partial charge is 0.407 e. The molecule has 3 aromatic rings. The van der Waals surface area contributed by atoms with Gasteiger partial charge in [-0.05, 0) is 47.2 Å². The van der Waals surface area contributed by atoms with Crippen LogP contribution in [0.25, 0.3) is 11.1 Å². The average molecular weight is 426 g/mol. The topological polar surface area (TPSA) is 77.5 Å². The number of hydrogen-bond acceptors (Lipinski definition) is 5. The third-order valence-corrected chi connectivity index (χ3v) is 5.11. The first-order chi connectivity index (χ1) is 15.7. The monoisotopic (exact) mass is 426 g/mol. The summed E-state index contributed by atoms with van der Waals surface area (Å²) in [6, 6.07) is 21.3. The summed E-state index contributed by atoms with van der Waals surface area (Å²) >= 11 is 0. The van der Waals surface area contributed by atoms with Crippen LogP contribution in [-0.4, -0.2) is 36.8 Å². The number of rotatable bonds is 5.